The number of ether oxygens (including phenoxy) is 2. The second-order valence-corrected chi connectivity index (χ2v) is 10.3. The van der Waals surface area contributed by atoms with E-state index < -0.39 is 12.3 Å². The van der Waals surface area contributed by atoms with Crippen LogP contribution in [0.1, 0.15) is 50.9 Å². The van der Waals surface area contributed by atoms with E-state index in [-0.39, 0.29) is 11.8 Å². The maximum atomic E-state index is 13.2. The summed E-state index contributed by atoms with van der Waals surface area (Å²) in [6.45, 7) is 6.95. The number of aromatic nitrogens is 4. The van der Waals surface area contributed by atoms with E-state index in [4.69, 9.17) is 14.5 Å². The zero-order valence-corrected chi connectivity index (χ0v) is 21.0. The molecule has 0 spiro atoms. The fourth-order valence-corrected chi connectivity index (χ4v) is 5.67. The first-order chi connectivity index (χ1) is 17.1. The van der Waals surface area contributed by atoms with Crippen LogP contribution in [0.2, 0.25) is 0 Å². The molecule has 2 bridgehead atoms. The Morgan fingerprint density at radius 1 is 1.08 bits per heavy atom. The maximum Gasteiger partial charge on any atom is 0.425 e. The van der Waals surface area contributed by atoms with Crippen molar-refractivity contribution in [1.82, 2.24) is 19.6 Å². The van der Waals surface area contributed by atoms with Crippen molar-refractivity contribution in [3.05, 3.63) is 41.9 Å². The maximum absolute atomic E-state index is 13.2. The van der Waals surface area contributed by atoms with Gasteiger partial charge in [0.2, 0.25) is 11.8 Å². The predicted molar refractivity (Wildman–Crippen MR) is 130 cm³/mol. The molecule has 1 aliphatic carbocycles. The van der Waals surface area contributed by atoms with Crippen LogP contribution in [0.25, 0.3) is 5.65 Å². The van der Waals surface area contributed by atoms with Gasteiger partial charge in [0.25, 0.3) is 0 Å². The van der Waals surface area contributed by atoms with Crippen LogP contribution < -0.4 is 14.4 Å². The molecule has 36 heavy (non-hydrogen) atoms. The Bertz CT molecular complexity index is 1210. The molecule has 4 atom stereocenters. The van der Waals surface area contributed by atoms with E-state index in [1.807, 2.05) is 26.0 Å². The quantitative estimate of drug-likeness (QED) is 0.437. The Morgan fingerprint density at radius 2 is 1.81 bits per heavy atom. The van der Waals surface area contributed by atoms with Gasteiger partial charge in [0.15, 0.2) is 17.6 Å². The van der Waals surface area contributed by atoms with Gasteiger partial charge in [0.05, 0.1) is 7.11 Å². The van der Waals surface area contributed by atoms with Gasteiger partial charge in [-0.05, 0) is 61.1 Å². The molecule has 0 amide bonds. The first kappa shape index (κ1) is 24.6. The van der Waals surface area contributed by atoms with E-state index in [2.05, 4.69) is 15.0 Å². The van der Waals surface area contributed by atoms with Crippen molar-refractivity contribution in [2.24, 2.45) is 17.8 Å². The highest BCUT2D eigenvalue weighted by molar-refractivity contribution is 5.52. The second-order valence-electron chi connectivity index (χ2n) is 10.3. The van der Waals surface area contributed by atoms with Gasteiger partial charge in [-0.25, -0.2) is 9.97 Å². The summed E-state index contributed by atoms with van der Waals surface area (Å²) in [5.74, 6) is 2.91. The topological polar surface area (TPSA) is 64.8 Å². The van der Waals surface area contributed by atoms with Crippen molar-refractivity contribution in [2.45, 2.75) is 58.2 Å². The molecule has 194 valence electrons. The molecule has 0 radical (unpaired) electrons. The first-order valence-electron chi connectivity index (χ1n) is 12.5. The second kappa shape index (κ2) is 9.44. The molecule has 1 aliphatic heterocycles. The highest BCUT2D eigenvalue weighted by Gasteiger charge is 2.43. The van der Waals surface area contributed by atoms with Gasteiger partial charge in [-0.1, -0.05) is 13.8 Å². The lowest BCUT2D eigenvalue weighted by Crippen LogP contribution is -2.42. The van der Waals surface area contributed by atoms with Crippen LogP contribution in [0.4, 0.5) is 18.9 Å². The SMILES string of the molecule is COc1cc(N2C[C@H]3CC[C@@H](C2)C3Cc2nc3c(C(C)C)ccc(O[C@@H](C)C(F)(F)F)n3n2)ccn1. The van der Waals surface area contributed by atoms with Gasteiger partial charge in [0, 0.05) is 43.5 Å². The van der Waals surface area contributed by atoms with Gasteiger partial charge in [-0.3, -0.25) is 0 Å². The number of anilines is 1. The molecule has 1 saturated heterocycles. The minimum atomic E-state index is -4.46. The Labute approximate surface area is 208 Å². The minimum Gasteiger partial charge on any atom is -0.481 e. The number of methoxy groups -OCH3 is 1. The summed E-state index contributed by atoms with van der Waals surface area (Å²) in [6.07, 6.45) is -1.62. The van der Waals surface area contributed by atoms with Crippen molar-refractivity contribution in [3.63, 3.8) is 0 Å². The molecule has 10 heteroatoms. The number of nitrogens with zero attached hydrogens (tertiary/aromatic N) is 5. The van der Waals surface area contributed by atoms with Crippen LogP contribution in [-0.4, -0.2) is 52.1 Å². The molecule has 2 fully saturated rings. The van der Waals surface area contributed by atoms with Crippen LogP contribution in [0.3, 0.4) is 0 Å². The molecular formula is C26H32F3N5O2. The number of piperidine rings is 1. The normalized spacial score (nSPS) is 22.9. The van der Waals surface area contributed by atoms with E-state index in [0.29, 0.717) is 41.5 Å². The van der Waals surface area contributed by atoms with Crippen LogP contribution >= 0.6 is 0 Å². The van der Waals surface area contributed by atoms with Gasteiger partial charge < -0.3 is 14.4 Å². The average molecular weight is 504 g/mol. The average Bonchev–Trinajstić information content (AvgIpc) is 3.35. The Hall–Kier alpha value is -3.04. The monoisotopic (exact) mass is 503 g/mol. The van der Waals surface area contributed by atoms with Gasteiger partial charge in [0.1, 0.15) is 0 Å². The highest BCUT2D eigenvalue weighted by Crippen LogP contribution is 2.44. The van der Waals surface area contributed by atoms with Gasteiger partial charge in [-0.2, -0.15) is 17.7 Å². The lowest BCUT2D eigenvalue weighted by molar-refractivity contribution is -0.190. The third kappa shape index (κ3) is 4.69. The summed E-state index contributed by atoms with van der Waals surface area (Å²) in [5, 5.41) is 4.66. The van der Waals surface area contributed by atoms with E-state index in [1.165, 1.54) is 4.52 Å². The minimum absolute atomic E-state index is 0.0578. The van der Waals surface area contributed by atoms with Crippen LogP contribution in [-0.2, 0) is 6.42 Å². The molecule has 1 unspecified atom stereocenters. The summed E-state index contributed by atoms with van der Waals surface area (Å²) in [5.41, 5.74) is 2.62. The van der Waals surface area contributed by atoms with Crippen molar-refractivity contribution in [3.8, 4) is 11.8 Å². The first-order valence-corrected chi connectivity index (χ1v) is 12.5. The van der Waals surface area contributed by atoms with E-state index >= 15 is 0 Å². The lowest BCUT2D eigenvalue weighted by Gasteiger charge is -2.39. The smallest absolute Gasteiger partial charge is 0.425 e. The Kier molecular flexibility index (Phi) is 6.46. The van der Waals surface area contributed by atoms with Gasteiger partial charge >= 0.3 is 6.18 Å². The largest absolute Gasteiger partial charge is 0.481 e. The number of pyridine rings is 2. The number of hydrogen-bond donors (Lipinski definition) is 0. The van der Waals surface area contributed by atoms with E-state index in [9.17, 15) is 13.2 Å². The molecule has 4 heterocycles. The molecule has 7 nitrogen and oxygen atoms in total. The van der Waals surface area contributed by atoms with Crippen molar-refractivity contribution < 1.29 is 22.6 Å². The number of halogens is 3. The van der Waals surface area contributed by atoms with Crippen LogP contribution in [0.15, 0.2) is 30.5 Å². The van der Waals surface area contributed by atoms with Crippen molar-refractivity contribution in [2.75, 3.05) is 25.1 Å². The number of rotatable bonds is 7. The highest BCUT2D eigenvalue weighted by atomic mass is 19.4. The summed E-state index contributed by atoms with van der Waals surface area (Å²) in [4.78, 5) is 11.4. The fraction of sp³-hybridized carbons (Fsp3) is 0.577. The van der Waals surface area contributed by atoms with Crippen molar-refractivity contribution in [1.29, 1.82) is 0 Å². The Morgan fingerprint density at radius 3 is 2.44 bits per heavy atom. The molecule has 3 aromatic heterocycles. The Balaban J connectivity index is 1.39. The fourth-order valence-electron chi connectivity index (χ4n) is 5.67. The standard InChI is InChI=1S/C26H32F3N5O2/c1-15(2)20-7-8-24(36-16(3)26(27,28)29)34-25(20)31-22(32-34)12-21-17-5-6-18(21)14-33(13-17)19-9-10-30-23(11-19)35-4/h7-11,15-18,21H,5-6,12-14H2,1-4H3/t16-,17-,18+,21?/m0/s1. The molecular weight excluding hydrogens is 471 g/mol. The van der Waals surface area contributed by atoms with Crippen molar-refractivity contribution >= 4 is 11.3 Å². The van der Waals surface area contributed by atoms with Crippen LogP contribution in [0.5, 0.6) is 11.8 Å². The number of alkyl halides is 3. The number of fused-ring (bicyclic) bond motifs is 3. The summed E-state index contributed by atoms with van der Waals surface area (Å²) in [6, 6.07) is 7.35. The molecule has 0 aromatic carbocycles. The van der Waals surface area contributed by atoms with Crippen LogP contribution in [0, 0.1) is 17.8 Å². The van der Waals surface area contributed by atoms with E-state index in [1.54, 1.807) is 25.4 Å². The van der Waals surface area contributed by atoms with Gasteiger partial charge in [-0.15, -0.1) is 5.10 Å². The molecule has 3 aromatic rings. The molecule has 1 saturated carbocycles. The summed E-state index contributed by atoms with van der Waals surface area (Å²) in [7, 11) is 1.62. The summed E-state index contributed by atoms with van der Waals surface area (Å²) >= 11 is 0. The lowest BCUT2D eigenvalue weighted by atomic mass is 9.82. The third-order valence-electron chi connectivity index (χ3n) is 7.64. The summed E-state index contributed by atoms with van der Waals surface area (Å²) < 4.78 is 51.5. The molecule has 0 N–H and O–H groups in total. The molecule has 2 aliphatic rings. The zero-order chi connectivity index (χ0) is 25.6. The predicted octanol–water partition coefficient (Wildman–Crippen LogP) is 5.29. The third-order valence-corrected chi connectivity index (χ3v) is 7.64. The van der Waals surface area contributed by atoms with E-state index in [0.717, 1.165) is 44.1 Å². The number of hydrogen-bond acceptors (Lipinski definition) is 6. The molecule has 5 rings (SSSR count). The zero-order valence-electron chi connectivity index (χ0n) is 21.0.